The van der Waals surface area contributed by atoms with Crippen LogP contribution in [0.2, 0.25) is 0 Å². The van der Waals surface area contributed by atoms with Crippen molar-refractivity contribution in [3.05, 3.63) is 0 Å². The Morgan fingerprint density at radius 1 is 1.28 bits per heavy atom. The SMILES string of the molecule is CC(C)(C)OC(=O)N1CC[C@@H](O[C@@H]2CCOC2)C1. The predicted molar refractivity (Wildman–Crippen MR) is 66.5 cm³/mol. The Morgan fingerprint density at radius 2 is 2.06 bits per heavy atom. The van der Waals surface area contributed by atoms with Gasteiger partial charge in [0.05, 0.1) is 25.4 Å². The lowest BCUT2D eigenvalue weighted by Crippen LogP contribution is -2.36. The van der Waals surface area contributed by atoms with Gasteiger partial charge in [-0.25, -0.2) is 4.79 Å². The van der Waals surface area contributed by atoms with Crippen LogP contribution in [-0.4, -0.2) is 55.1 Å². The summed E-state index contributed by atoms with van der Waals surface area (Å²) in [5.74, 6) is 0. The van der Waals surface area contributed by atoms with Crippen LogP contribution < -0.4 is 0 Å². The Morgan fingerprint density at radius 3 is 2.67 bits per heavy atom. The quantitative estimate of drug-likeness (QED) is 0.757. The van der Waals surface area contributed by atoms with Crippen molar-refractivity contribution in [2.75, 3.05) is 26.3 Å². The maximum atomic E-state index is 11.9. The Labute approximate surface area is 108 Å². The molecule has 18 heavy (non-hydrogen) atoms. The predicted octanol–water partition coefficient (Wildman–Crippen LogP) is 1.80. The maximum absolute atomic E-state index is 11.9. The van der Waals surface area contributed by atoms with Crippen LogP contribution in [0, 0.1) is 0 Å². The van der Waals surface area contributed by atoms with Gasteiger partial charge in [0.1, 0.15) is 5.60 Å². The Kier molecular flexibility index (Phi) is 4.12. The van der Waals surface area contributed by atoms with Crippen molar-refractivity contribution < 1.29 is 19.0 Å². The Hall–Kier alpha value is -0.810. The molecule has 0 N–H and O–H groups in total. The molecule has 0 radical (unpaired) electrons. The molecule has 2 atom stereocenters. The zero-order chi connectivity index (χ0) is 13.2. The monoisotopic (exact) mass is 257 g/mol. The molecule has 5 nitrogen and oxygen atoms in total. The number of ether oxygens (including phenoxy) is 3. The molecular weight excluding hydrogens is 234 g/mol. The van der Waals surface area contributed by atoms with E-state index in [1.165, 1.54) is 0 Å². The molecule has 2 aliphatic rings. The summed E-state index contributed by atoms with van der Waals surface area (Å²) >= 11 is 0. The molecule has 0 aromatic carbocycles. The van der Waals surface area contributed by atoms with E-state index in [1.807, 2.05) is 20.8 Å². The van der Waals surface area contributed by atoms with Crippen molar-refractivity contribution in [1.82, 2.24) is 4.90 Å². The second kappa shape index (κ2) is 5.45. The lowest BCUT2D eigenvalue weighted by molar-refractivity contribution is -0.0139. The van der Waals surface area contributed by atoms with Gasteiger partial charge < -0.3 is 19.1 Å². The number of likely N-dealkylation sites (tertiary alicyclic amines) is 1. The fourth-order valence-electron chi connectivity index (χ4n) is 2.22. The first-order valence-corrected chi connectivity index (χ1v) is 6.65. The largest absolute Gasteiger partial charge is 0.444 e. The average molecular weight is 257 g/mol. The van der Waals surface area contributed by atoms with E-state index in [2.05, 4.69) is 0 Å². The molecular formula is C13H23NO4. The highest BCUT2D eigenvalue weighted by molar-refractivity contribution is 5.68. The number of carbonyl (C=O) groups excluding carboxylic acids is 1. The second-order valence-electron chi connectivity index (χ2n) is 5.96. The average Bonchev–Trinajstić information content (AvgIpc) is 2.86. The fraction of sp³-hybridized carbons (Fsp3) is 0.923. The van der Waals surface area contributed by atoms with Gasteiger partial charge in [-0.3, -0.25) is 0 Å². The minimum atomic E-state index is -0.435. The molecule has 2 fully saturated rings. The van der Waals surface area contributed by atoms with Crippen LogP contribution in [0.15, 0.2) is 0 Å². The molecule has 2 saturated heterocycles. The van der Waals surface area contributed by atoms with Crippen molar-refractivity contribution >= 4 is 6.09 Å². The van der Waals surface area contributed by atoms with E-state index in [-0.39, 0.29) is 18.3 Å². The first kappa shape index (κ1) is 13.6. The van der Waals surface area contributed by atoms with E-state index in [1.54, 1.807) is 4.90 Å². The lowest BCUT2D eigenvalue weighted by Gasteiger charge is -2.24. The minimum Gasteiger partial charge on any atom is -0.444 e. The van der Waals surface area contributed by atoms with Gasteiger partial charge in [-0.15, -0.1) is 0 Å². The summed E-state index contributed by atoms with van der Waals surface area (Å²) in [5, 5.41) is 0. The van der Waals surface area contributed by atoms with E-state index in [0.717, 1.165) is 19.4 Å². The summed E-state index contributed by atoms with van der Waals surface area (Å²) in [6.07, 6.45) is 1.94. The van der Waals surface area contributed by atoms with Crippen LogP contribution in [-0.2, 0) is 14.2 Å². The third-order valence-electron chi connectivity index (χ3n) is 3.07. The smallest absolute Gasteiger partial charge is 0.410 e. The fourth-order valence-corrected chi connectivity index (χ4v) is 2.22. The number of hydrogen-bond donors (Lipinski definition) is 0. The van der Waals surface area contributed by atoms with Crippen LogP contribution in [0.1, 0.15) is 33.6 Å². The van der Waals surface area contributed by atoms with Crippen LogP contribution in [0.25, 0.3) is 0 Å². The van der Waals surface area contributed by atoms with Gasteiger partial charge in [-0.05, 0) is 33.6 Å². The van der Waals surface area contributed by atoms with Crippen molar-refractivity contribution in [2.24, 2.45) is 0 Å². The van der Waals surface area contributed by atoms with Crippen LogP contribution in [0.4, 0.5) is 4.79 Å². The van der Waals surface area contributed by atoms with Crippen molar-refractivity contribution in [3.8, 4) is 0 Å². The number of amides is 1. The van der Waals surface area contributed by atoms with Crippen LogP contribution in [0.3, 0.4) is 0 Å². The van der Waals surface area contributed by atoms with Gasteiger partial charge in [0, 0.05) is 13.2 Å². The molecule has 0 aliphatic carbocycles. The molecule has 2 aliphatic heterocycles. The number of rotatable bonds is 2. The lowest BCUT2D eigenvalue weighted by atomic mass is 10.2. The minimum absolute atomic E-state index is 0.129. The molecule has 0 unspecified atom stereocenters. The summed E-state index contributed by atoms with van der Waals surface area (Å²) in [6, 6.07) is 0. The van der Waals surface area contributed by atoms with Gasteiger partial charge in [-0.1, -0.05) is 0 Å². The highest BCUT2D eigenvalue weighted by Gasteiger charge is 2.32. The third-order valence-corrected chi connectivity index (χ3v) is 3.07. The van der Waals surface area contributed by atoms with E-state index in [4.69, 9.17) is 14.2 Å². The van der Waals surface area contributed by atoms with E-state index in [0.29, 0.717) is 19.7 Å². The topological polar surface area (TPSA) is 48.0 Å². The van der Waals surface area contributed by atoms with Crippen LogP contribution >= 0.6 is 0 Å². The highest BCUT2D eigenvalue weighted by Crippen LogP contribution is 2.20. The van der Waals surface area contributed by atoms with Gasteiger partial charge in [0.25, 0.3) is 0 Å². The van der Waals surface area contributed by atoms with Crippen molar-refractivity contribution in [1.29, 1.82) is 0 Å². The summed E-state index contributed by atoms with van der Waals surface area (Å²) < 4.78 is 16.5. The molecule has 2 heterocycles. The summed E-state index contributed by atoms with van der Waals surface area (Å²) in [4.78, 5) is 13.6. The zero-order valence-corrected chi connectivity index (χ0v) is 11.5. The molecule has 2 rings (SSSR count). The van der Waals surface area contributed by atoms with Gasteiger partial charge in [0.15, 0.2) is 0 Å². The molecule has 104 valence electrons. The first-order valence-electron chi connectivity index (χ1n) is 6.65. The second-order valence-corrected chi connectivity index (χ2v) is 5.96. The van der Waals surface area contributed by atoms with E-state index < -0.39 is 5.60 Å². The highest BCUT2D eigenvalue weighted by atomic mass is 16.6. The molecule has 0 aromatic rings. The van der Waals surface area contributed by atoms with Gasteiger partial charge >= 0.3 is 6.09 Å². The van der Waals surface area contributed by atoms with Gasteiger partial charge in [0.2, 0.25) is 0 Å². The van der Waals surface area contributed by atoms with E-state index in [9.17, 15) is 4.79 Å². The molecule has 0 spiro atoms. The Bertz CT molecular complexity index is 294. The maximum Gasteiger partial charge on any atom is 0.410 e. The van der Waals surface area contributed by atoms with Crippen molar-refractivity contribution in [3.63, 3.8) is 0 Å². The standard InChI is InChI=1S/C13H23NO4/c1-13(2,3)18-12(15)14-6-4-10(8-14)17-11-5-7-16-9-11/h10-11H,4-9H2,1-3H3/t10-,11-/m1/s1. The zero-order valence-electron chi connectivity index (χ0n) is 11.5. The summed E-state index contributed by atoms with van der Waals surface area (Å²) in [7, 11) is 0. The van der Waals surface area contributed by atoms with Crippen molar-refractivity contribution in [2.45, 2.75) is 51.4 Å². The molecule has 5 heteroatoms. The van der Waals surface area contributed by atoms with Gasteiger partial charge in [-0.2, -0.15) is 0 Å². The molecule has 0 bridgehead atoms. The summed E-state index contributed by atoms with van der Waals surface area (Å²) in [6.45, 7) is 8.45. The third kappa shape index (κ3) is 3.85. The molecule has 0 aromatic heterocycles. The summed E-state index contributed by atoms with van der Waals surface area (Å²) in [5.41, 5.74) is -0.435. The van der Waals surface area contributed by atoms with Crippen LogP contribution in [0.5, 0.6) is 0 Å². The Balaban J connectivity index is 1.75. The number of carbonyl (C=O) groups is 1. The number of nitrogens with zero attached hydrogens (tertiary/aromatic N) is 1. The number of hydrogen-bond acceptors (Lipinski definition) is 4. The first-order chi connectivity index (χ1) is 8.44. The normalized spacial score (nSPS) is 28.7. The van der Waals surface area contributed by atoms with E-state index >= 15 is 0 Å². The molecule has 0 saturated carbocycles. The molecule has 1 amide bonds.